The van der Waals surface area contributed by atoms with E-state index in [1.165, 1.54) is 100.0 Å². The molecule has 74 heavy (non-hydrogen) atoms. The van der Waals surface area contributed by atoms with Gasteiger partial charge in [-0.15, -0.1) is 0 Å². The second kappa shape index (κ2) is 21.2. The summed E-state index contributed by atoms with van der Waals surface area (Å²) in [6.07, 6.45) is 12.4. The Hall–Kier alpha value is -7.36. The number of hydrogen-bond acceptors (Lipinski definition) is 3. The van der Waals surface area contributed by atoms with Crippen LogP contribution in [0, 0.1) is 0 Å². The van der Waals surface area contributed by atoms with Crippen LogP contribution in [0.2, 0.25) is 0 Å². The molecule has 8 aromatic rings. The van der Waals surface area contributed by atoms with Crippen LogP contribution in [0.5, 0.6) is 5.75 Å². The van der Waals surface area contributed by atoms with Crippen molar-refractivity contribution in [1.82, 2.24) is 0 Å². The highest BCUT2D eigenvalue weighted by Crippen LogP contribution is 2.52. The maximum absolute atomic E-state index is 5.30. The molecule has 2 unspecified atom stereocenters. The van der Waals surface area contributed by atoms with E-state index >= 15 is 0 Å². The minimum atomic E-state index is -0.0974. The first-order valence-corrected chi connectivity index (χ1v) is 26.8. The van der Waals surface area contributed by atoms with Crippen molar-refractivity contribution in [2.24, 2.45) is 0 Å². The molecule has 0 aromatic heterocycles. The number of aryl methyl sites for hydroxylation is 1. The Labute approximate surface area is 443 Å². The van der Waals surface area contributed by atoms with Crippen molar-refractivity contribution >= 4 is 38.5 Å². The predicted octanol–water partition coefficient (Wildman–Crippen LogP) is 18.1. The Balaban J connectivity index is 0.000000153. The Morgan fingerprint density at radius 3 is 1.81 bits per heavy atom. The number of rotatable bonds is 9. The van der Waals surface area contributed by atoms with Gasteiger partial charge in [-0.25, -0.2) is 0 Å². The number of hydrogen-bond donors (Lipinski definition) is 0. The van der Waals surface area contributed by atoms with Gasteiger partial charge in [0.2, 0.25) is 0 Å². The number of fused-ring (bicyclic) bond motifs is 6. The van der Waals surface area contributed by atoms with Gasteiger partial charge in [0, 0.05) is 53.1 Å². The molecule has 2 heterocycles. The van der Waals surface area contributed by atoms with Crippen LogP contribution in [0.3, 0.4) is 0 Å². The largest absolute Gasteiger partial charge is 0.497 e. The van der Waals surface area contributed by atoms with Crippen molar-refractivity contribution in [3.8, 4) is 5.75 Å². The molecule has 2 aliphatic heterocycles. The Morgan fingerprint density at radius 1 is 0.581 bits per heavy atom. The lowest BCUT2D eigenvalue weighted by Gasteiger charge is -2.29. The molecule has 0 saturated heterocycles. The van der Waals surface area contributed by atoms with Gasteiger partial charge >= 0.3 is 0 Å². The van der Waals surface area contributed by atoms with Gasteiger partial charge in [0.25, 0.3) is 0 Å². The normalized spacial score (nSPS) is 18.5. The molecule has 376 valence electrons. The SMILES string of the molecule is C/C=C1/N(C)c2ccc(OC)cc2C1(C)C.CC1=C(/C=C/C=C2/N(C)c3ccccc3C2(C)C)C(C)(Cc2ccccc2)c2ccc3ccccc3c21.CCc1c(C(C)Cc2ccccc2)ccc2ccccc12. The van der Waals surface area contributed by atoms with Crippen LogP contribution in [0.1, 0.15) is 113 Å². The molecule has 0 radical (unpaired) electrons. The molecule has 3 heteroatoms. The number of anilines is 2. The summed E-state index contributed by atoms with van der Waals surface area (Å²) in [6, 6.07) is 63.6. The maximum Gasteiger partial charge on any atom is 0.119 e. The molecule has 11 rings (SSSR count). The van der Waals surface area contributed by atoms with Crippen molar-refractivity contribution in [1.29, 1.82) is 0 Å². The molecule has 0 fully saturated rings. The second-order valence-electron chi connectivity index (χ2n) is 21.9. The molecule has 0 amide bonds. The van der Waals surface area contributed by atoms with Crippen LogP contribution in [-0.2, 0) is 35.5 Å². The van der Waals surface area contributed by atoms with E-state index in [9.17, 15) is 0 Å². The number of nitrogens with zero attached hydrogens (tertiary/aromatic N) is 2. The fraction of sp³-hybridized carbons (Fsp3) is 0.268. The molecule has 0 bridgehead atoms. The highest BCUT2D eigenvalue weighted by Gasteiger charge is 2.41. The zero-order valence-corrected chi connectivity index (χ0v) is 46.1. The zero-order valence-electron chi connectivity index (χ0n) is 46.1. The third-order valence-corrected chi connectivity index (χ3v) is 16.6. The van der Waals surface area contributed by atoms with Gasteiger partial charge in [-0.05, 0) is 147 Å². The lowest BCUT2D eigenvalue weighted by Crippen LogP contribution is -2.25. The lowest BCUT2D eigenvalue weighted by atomic mass is 9.74. The summed E-state index contributed by atoms with van der Waals surface area (Å²) in [5.74, 6) is 1.48. The predicted molar refractivity (Wildman–Crippen MR) is 319 cm³/mol. The van der Waals surface area contributed by atoms with Crippen LogP contribution in [0.15, 0.2) is 217 Å². The molecule has 3 aliphatic rings. The zero-order chi connectivity index (χ0) is 52.4. The first-order valence-electron chi connectivity index (χ1n) is 26.8. The third kappa shape index (κ3) is 9.54. The van der Waals surface area contributed by atoms with E-state index in [2.05, 4.69) is 280 Å². The fourth-order valence-corrected chi connectivity index (χ4v) is 12.8. The quantitative estimate of drug-likeness (QED) is 0.143. The topological polar surface area (TPSA) is 15.7 Å². The molecule has 1 aliphatic carbocycles. The minimum Gasteiger partial charge on any atom is -0.497 e. The van der Waals surface area contributed by atoms with E-state index in [1.54, 1.807) is 7.11 Å². The van der Waals surface area contributed by atoms with E-state index in [1.807, 2.05) is 6.07 Å². The van der Waals surface area contributed by atoms with Gasteiger partial charge in [0.15, 0.2) is 0 Å². The molecular weight excluding hydrogens is 897 g/mol. The molecule has 0 saturated carbocycles. The minimum absolute atomic E-state index is 0.0265. The summed E-state index contributed by atoms with van der Waals surface area (Å²) >= 11 is 0. The molecule has 0 spiro atoms. The third-order valence-electron chi connectivity index (χ3n) is 16.6. The molecule has 3 nitrogen and oxygen atoms in total. The summed E-state index contributed by atoms with van der Waals surface area (Å²) in [4.78, 5) is 4.61. The van der Waals surface area contributed by atoms with Crippen LogP contribution < -0.4 is 14.5 Å². The first-order chi connectivity index (χ1) is 35.6. The number of likely N-dealkylation sites (N-methyl/N-ethyl adjacent to an activating group) is 2. The van der Waals surface area contributed by atoms with Crippen molar-refractivity contribution in [2.75, 3.05) is 31.0 Å². The standard InChI is InChI=1S/C36H35N.C21H22.C14H19NO/c1-25-29(19-13-21-33-35(2,3)30-18-11-12-20-32(30)37(33)5)36(4,24-26-14-7-6-8-15-26)31-23-22-27-16-9-10-17-28(27)34(25)31;1-3-19-20(14-13-18-11-7-8-12-21(18)19)16(2)15-17-9-5-4-6-10-17;1-6-13-14(2,3)11-9-10(16-5)7-8-12(11)15(13)4/h6-23H,24H2,1-5H3;4-14,16H,3,15H2,1-2H3;6-9H,1-5H3/b19-13+,33-21+;;13-6+. The molecule has 2 atom stereocenters. The molecule has 8 aromatic carbocycles. The van der Waals surface area contributed by atoms with E-state index in [0.717, 1.165) is 25.0 Å². The van der Waals surface area contributed by atoms with Crippen LogP contribution >= 0.6 is 0 Å². The highest BCUT2D eigenvalue weighted by molar-refractivity contribution is 5.99. The van der Waals surface area contributed by atoms with Crippen LogP contribution in [0.25, 0.3) is 27.1 Å². The van der Waals surface area contributed by atoms with Crippen molar-refractivity contribution in [2.45, 2.75) is 104 Å². The van der Waals surface area contributed by atoms with Crippen LogP contribution in [-0.4, -0.2) is 21.2 Å². The van der Waals surface area contributed by atoms with Crippen molar-refractivity contribution in [3.05, 3.63) is 262 Å². The summed E-state index contributed by atoms with van der Waals surface area (Å²) in [6.45, 7) is 20.6. The van der Waals surface area contributed by atoms with Gasteiger partial charge in [0.05, 0.1) is 7.11 Å². The number of benzene rings is 8. The lowest BCUT2D eigenvalue weighted by molar-refractivity contribution is 0.413. The highest BCUT2D eigenvalue weighted by atomic mass is 16.5. The van der Waals surface area contributed by atoms with Gasteiger partial charge in [-0.3, -0.25) is 0 Å². The molecular formula is C71H76N2O. The van der Waals surface area contributed by atoms with Crippen molar-refractivity contribution < 1.29 is 4.74 Å². The van der Waals surface area contributed by atoms with E-state index < -0.39 is 0 Å². The number of ether oxygens (including phenoxy) is 1. The average Bonchev–Trinajstić information content (AvgIpc) is 3.86. The van der Waals surface area contributed by atoms with E-state index in [-0.39, 0.29) is 16.2 Å². The molecule has 0 N–H and O–H groups in total. The summed E-state index contributed by atoms with van der Waals surface area (Å²) < 4.78 is 5.30. The van der Waals surface area contributed by atoms with Gasteiger partial charge in [-0.1, -0.05) is 218 Å². The summed E-state index contributed by atoms with van der Waals surface area (Å²) in [7, 11) is 6.02. The number of allylic oxidation sites excluding steroid dienone is 8. The fourth-order valence-electron chi connectivity index (χ4n) is 12.8. The van der Waals surface area contributed by atoms with Crippen LogP contribution in [0.4, 0.5) is 11.4 Å². The maximum atomic E-state index is 5.30. The van der Waals surface area contributed by atoms with Crippen molar-refractivity contribution in [3.63, 3.8) is 0 Å². The summed E-state index contributed by atoms with van der Waals surface area (Å²) in [5.41, 5.74) is 19.4. The Kier molecular flexibility index (Phi) is 14.8. The number of methoxy groups -OCH3 is 1. The van der Waals surface area contributed by atoms with Gasteiger partial charge in [0.1, 0.15) is 5.75 Å². The smallest absolute Gasteiger partial charge is 0.119 e. The second-order valence-corrected chi connectivity index (χ2v) is 21.9. The van der Waals surface area contributed by atoms with E-state index in [0.29, 0.717) is 5.92 Å². The van der Waals surface area contributed by atoms with Gasteiger partial charge in [-0.2, -0.15) is 0 Å². The Bertz CT molecular complexity index is 3440. The number of para-hydroxylation sites is 1. The van der Waals surface area contributed by atoms with E-state index in [4.69, 9.17) is 4.74 Å². The van der Waals surface area contributed by atoms with Gasteiger partial charge < -0.3 is 14.5 Å². The Morgan fingerprint density at radius 2 is 1.15 bits per heavy atom. The summed E-state index contributed by atoms with van der Waals surface area (Å²) in [5, 5.41) is 5.43. The average molecular weight is 973 g/mol. The first kappa shape index (κ1) is 51.5. The monoisotopic (exact) mass is 973 g/mol.